The Bertz CT molecular complexity index is 1130. The van der Waals surface area contributed by atoms with Crippen molar-refractivity contribution < 1.29 is 8.42 Å². The molecular formula is C19H19N3O3S. The maximum Gasteiger partial charge on any atom is 0.334 e. The average molecular weight is 369 g/mol. The second-order valence-electron chi connectivity index (χ2n) is 5.81. The summed E-state index contributed by atoms with van der Waals surface area (Å²) in [4.78, 5) is 12.7. The Morgan fingerprint density at radius 2 is 1.54 bits per heavy atom. The lowest BCUT2D eigenvalue weighted by atomic mass is 10.3. The van der Waals surface area contributed by atoms with E-state index in [1.54, 1.807) is 48.5 Å². The fourth-order valence-corrected chi connectivity index (χ4v) is 4.11. The fourth-order valence-electron chi connectivity index (χ4n) is 2.73. The molecule has 0 amide bonds. The molecule has 0 saturated heterocycles. The van der Waals surface area contributed by atoms with Crippen molar-refractivity contribution in [3.63, 3.8) is 0 Å². The Labute approximate surface area is 151 Å². The molecule has 1 N–H and O–H groups in total. The van der Waals surface area contributed by atoms with E-state index in [0.29, 0.717) is 18.7 Å². The monoisotopic (exact) mass is 369 g/mol. The summed E-state index contributed by atoms with van der Waals surface area (Å²) >= 11 is 0. The molecule has 0 aliphatic heterocycles. The third kappa shape index (κ3) is 3.13. The van der Waals surface area contributed by atoms with Crippen LogP contribution in [0.5, 0.6) is 0 Å². The number of nitrogens with zero attached hydrogens (tertiary/aromatic N) is 2. The highest BCUT2D eigenvalue weighted by Crippen LogP contribution is 2.17. The molecule has 0 aliphatic carbocycles. The number of hydrogen-bond donors (Lipinski definition) is 1. The van der Waals surface area contributed by atoms with Crippen LogP contribution in [-0.2, 0) is 16.4 Å². The fraction of sp³-hybridized carbons (Fsp3) is 0.158. The number of para-hydroxylation sites is 1. The van der Waals surface area contributed by atoms with E-state index in [2.05, 4.69) is 0 Å². The Balaban J connectivity index is 2.36. The van der Waals surface area contributed by atoms with E-state index in [9.17, 15) is 13.2 Å². The first kappa shape index (κ1) is 17.9. The highest BCUT2D eigenvalue weighted by Gasteiger charge is 2.23. The van der Waals surface area contributed by atoms with Gasteiger partial charge < -0.3 is 0 Å². The summed E-state index contributed by atoms with van der Waals surface area (Å²) in [5.41, 5.74) is -0.329. The zero-order chi connectivity index (χ0) is 18.7. The van der Waals surface area contributed by atoms with E-state index in [1.165, 1.54) is 22.9 Å². The van der Waals surface area contributed by atoms with Gasteiger partial charge in [-0.2, -0.15) is 0 Å². The lowest BCUT2D eigenvalue weighted by molar-refractivity contribution is 0.567. The summed E-state index contributed by atoms with van der Waals surface area (Å²) in [5.74, 6) is 0. The highest BCUT2D eigenvalue weighted by atomic mass is 32.2. The number of hydrogen-bond acceptors (Lipinski definition) is 4. The summed E-state index contributed by atoms with van der Waals surface area (Å²) in [7, 11) is -3.93. The molecule has 134 valence electrons. The second-order valence-corrected chi connectivity index (χ2v) is 7.72. The van der Waals surface area contributed by atoms with Crippen LogP contribution in [0.2, 0.25) is 0 Å². The summed E-state index contributed by atoms with van der Waals surface area (Å²) < 4.78 is 28.6. The van der Waals surface area contributed by atoms with Crippen molar-refractivity contribution in [2.24, 2.45) is 0 Å². The molecule has 26 heavy (non-hydrogen) atoms. The van der Waals surface area contributed by atoms with Crippen molar-refractivity contribution in [3.05, 3.63) is 82.8 Å². The van der Waals surface area contributed by atoms with Gasteiger partial charge in [0.05, 0.1) is 10.6 Å². The summed E-state index contributed by atoms with van der Waals surface area (Å²) in [5, 5.41) is 8.43. The number of sulfone groups is 1. The number of benzene rings is 2. The van der Waals surface area contributed by atoms with Crippen LogP contribution in [0.15, 0.2) is 81.4 Å². The average Bonchev–Trinajstić information content (AvgIpc) is 2.65. The van der Waals surface area contributed by atoms with E-state index < -0.39 is 15.5 Å². The summed E-state index contributed by atoms with van der Waals surface area (Å²) in [6, 6.07) is 16.6. The van der Waals surface area contributed by atoms with Gasteiger partial charge in [-0.3, -0.25) is 9.98 Å². The van der Waals surface area contributed by atoms with Gasteiger partial charge >= 0.3 is 5.69 Å². The molecule has 0 radical (unpaired) electrons. The lowest BCUT2D eigenvalue weighted by Gasteiger charge is -2.14. The Kier molecular flexibility index (Phi) is 4.90. The van der Waals surface area contributed by atoms with Gasteiger partial charge in [0.15, 0.2) is 5.49 Å². The van der Waals surface area contributed by atoms with Crippen LogP contribution in [0, 0.1) is 5.41 Å². The third-order valence-corrected chi connectivity index (χ3v) is 5.76. The first-order valence-corrected chi connectivity index (χ1v) is 9.71. The van der Waals surface area contributed by atoms with Crippen LogP contribution in [0.25, 0.3) is 5.69 Å². The number of aromatic nitrogens is 2. The van der Waals surface area contributed by atoms with Gasteiger partial charge in [-0.05, 0) is 30.7 Å². The van der Waals surface area contributed by atoms with Gasteiger partial charge in [0.25, 0.3) is 0 Å². The molecule has 0 bridgehead atoms. The Hall–Kier alpha value is -2.93. The highest BCUT2D eigenvalue weighted by molar-refractivity contribution is 7.91. The van der Waals surface area contributed by atoms with Crippen LogP contribution in [0.1, 0.15) is 13.3 Å². The minimum atomic E-state index is -3.93. The predicted molar refractivity (Wildman–Crippen MR) is 98.1 cm³/mol. The lowest BCUT2D eigenvalue weighted by Crippen LogP contribution is -2.41. The van der Waals surface area contributed by atoms with Crippen molar-refractivity contribution in [2.75, 3.05) is 0 Å². The van der Waals surface area contributed by atoms with E-state index >= 15 is 0 Å². The van der Waals surface area contributed by atoms with E-state index in [-0.39, 0.29) is 15.3 Å². The van der Waals surface area contributed by atoms with Gasteiger partial charge in [-0.15, -0.1) is 0 Å². The molecule has 0 fully saturated rings. The largest absolute Gasteiger partial charge is 0.334 e. The Morgan fingerprint density at radius 1 is 0.962 bits per heavy atom. The van der Waals surface area contributed by atoms with Gasteiger partial charge in [-0.1, -0.05) is 43.3 Å². The zero-order valence-corrected chi connectivity index (χ0v) is 15.1. The first-order chi connectivity index (χ1) is 12.5. The zero-order valence-electron chi connectivity index (χ0n) is 14.3. The third-order valence-electron chi connectivity index (χ3n) is 3.99. The second kappa shape index (κ2) is 7.13. The molecule has 0 atom stereocenters. The molecule has 0 spiro atoms. The molecule has 1 aromatic heterocycles. The molecule has 1 heterocycles. The normalized spacial score (nSPS) is 11.4. The minimum absolute atomic E-state index is 0.0924. The predicted octanol–water partition coefficient (Wildman–Crippen LogP) is 2.36. The van der Waals surface area contributed by atoms with Gasteiger partial charge in [0.1, 0.15) is 4.90 Å². The number of nitrogens with one attached hydrogen (secondary N) is 1. The standard InChI is InChI=1S/C19H19N3O3S/c1-2-13-21-14-17(26(24,25)16-11-7-4-8-12-16)18(20)22(19(21)23)15-9-5-3-6-10-15/h3-12,14,20H,2,13H2,1H3. The van der Waals surface area contributed by atoms with Gasteiger partial charge in [0, 0.05) is 12.7 Å². The molecule has 3 rings (SSSR count). The van der Waals surface area contributed by atoms with E-state index in [1.807, 2.05) is 6.92 Å². The van der Waals surface area contributed by atoms with Crippen LogP contribution in [0.3, 0.4) is 0 Å². The molecule has 7 heteroatoms. The van der Waals surface area contributed by atoms with Crippen LogP contribution >= 0.6 is 0 Å². The Morgan fingerprint density at radius 3 is 2.12 bits per heavy atom. The molecular weight excluding hydrogens is 350 g/mol. The molecule has 0 unspecified atom stereocenters. The van der Waals surface area contributed by atoms with Crippen molar-refractivity contribution in [1.29, 1.82) is 5.41 Å². The molecule has 0 aliphatic rings. The molecule has 6 nitrogen and oxygen atoms in total. The molecule has 0 saturated carbocycles. The molecule has 2 aromatic carbocycles. The smallest absolute Gasteiger partial charge is 0.299 e. The summed E-state index contributed by atoms with van der Waals surface area (Å²) in [6.45, 7) is 2.27. The van der Waals surface area contributed by atoms with Crippen LogP contribution < -0.4 is 11.2 Å². The topological polar surface area (TPSA) is 84.9 Å². The van der Waals surface area contributed by atoms with Crippen molar-refractivity contribution in [1.82, 2.24) is 9.13 Å². The van der Waals surface area contributed by atoms with Gasteiger partial charge in [-0.25, -0.2) is 17.8 Å². The van der Waals surface area contributed by atoms with E-state index in [0.717, 1.165) is 4.57 Å². The van der Waals surface area contributed by atoms with Gasteiger partial charge in [0.2, 0.25) is 9.84 Å². The minimum Gasteiger partial charge on any atom is -0.299 e. The number of rotatable bonds is 5. The first-order valence-electron chi connectivity index (χ1n) is 8.23. The maximum absolute atomic E-state index is 13.1. The van der Waals surface area contributed by atoms with E-state index in [4.69, 9.17) is 5.41 Å². The SMILES string of the molecule is CCCn1cc(S(=O)(=O)c2ccccc2)c(=N)n(-c2ccccc2)c1=O. The maximum atomic E-state index is 13.1. The van der Waals surface area contributed by atoms with Crippen LogP contribution in [0.4, 0.5) is 0 Å². The summed E-state index contributed by atoms with van der Waals surface area (Å²) in [6.07, 6.45) is 1.94. The van der Waals surface area contributed by atoms with Crippen molar-refractivity contribution >= 4 is 9.84 Å². The number of aryl methyl sites for hydroxylation is 1. The van der Waals surface area contributed by atoms with Crippen LogP contribution in [-0.4, -0.2) is 17.6 Å². The molecule has 3 aromatic rings. The quantitative estimate of drug-likeness (QED) is 0.749. The van der Waals surface area contributed by atoms with Crippen molar-refractivity contribution in [2.45, 2.75) is 29.7 Å². The van der Waals surface area contributed by atoms with Crippen molar-refractivity contribution in [3.8, 4) is 5.69 Å².